The van der Waals surface area contributed by atoms with Gasteiger partial charge in [0.1, 0.15) is 6.04 Å². The molecule has 1 aliphatic heterocycles. The molecule has 0 aromatic carbocycles. The monoisotopic (exact) mass is 258 g/mol. The van der Waals surface area contributed by atoms with Crippen LogP contribution in [0.15, 0.2) is 0 Å². The van der Waals surface area contributed by atoms with Crippen molar-refractivity contribution in [1.29, 1.82) is 0 Å². The van der Waals surface area contributed by atoms with Crippen LogP contribution in [0, 0.1) is 5.92 Å². The molecule has 1 fully saturated rings. The first-order valence-electron chi connectivity index (χ1n) is 5.90. The molecule has 1 saturated heterocycles. The van der Waals surface area contributed by atoms with Gasteiger partial charge < -0.3 is 20.8 Å². The van der Waals surface area contributed by atoms with Gasteiger partial charge in [0.15, 0.2) is 0 Å². The number of carboxylic acids is 2. The van der Waals surface area contributed by atoms with Gasteiger partial charge in [-0.05, 0) is 19.3 Å². The lowest BCUT2D eigenvalue weighted by Gasteiger charge is -2.30. The molecule has 0 aliphatic carbocycles. The molecule has 4 N–H and O–H groups in total. The van der Waals surface area contributed by atoms with Crippen LogP contribution in [0.2, 0.25) is 0 Å². The maximum absolute atomic E-state index is 11.8. The van der Waals surface area contributed by atoms with Crippen molar-refractivity contribution in [3.05, 3.63) is 0 Å². The zero-order chi connectivity index (χ0) is 13.7. The van der Waals surface area contributed by atoms with Crippen molar-refractivity contribution in [2.75, 3.05) is 13.1 Å². The van der Waals surface area contributed by atoms with E-state index in [0.717, 1.165) is 0 Å². The largest absolute Gasteiger partial charge is 0.481 e. The second kappa shape index (κ2) is 6.34. The number of carbonyl (C=O) groups is 3. The third-order valence-electron chi connectivity index (χ3n) is 3.11. The zero-order valence-electron chi connectivity index (χ0n) is 10.0. The topological polar surface area (TPSA) is 121 Å². The molecule has 0 unspecified atom stereocenters. The van der Waals surface area contributed by atoms with E-state index in [-0.39, 0.29) is 25.3 Å². The van der Waals surface area contributed by atoms with Gasteiger partial charge in [0, 0.05) is 19.5 Å². The lowest BCUT2D eigenvalue weighted by Crippen LogP contribution is -2.43. The standard InChI is InChI=1S/C11H18N2O5/c12-8(11(17)18)3-4-9(14)13-5-1-2-7(6-13)10(15)16/h7-8H,1-6,12H2,(H,15,16)(H,17,18)/t7-,8-/m0/s1. The summed E-state index contributed by atoms with van der Waals surface area (Å²) >= 11 is 0. The van der Waals surface area contributed by atoms with E-state index in [2.05, 4.69) is 0 Å². The molecule has 1 rings (SSSR count). The van der Waals surface area contributed by atoms with Crippen LogP contribution in [-0.4, -0.2) is 52.1 Å². The summed E-state index contributed by atoms with van der Waals surface area (Å²) in [5.41, 5.74) is 5.31. The number of hydrogen-bond donors (Lipinski definition) is 3. The fourth-order valence-corrected chi connectivity index (χ4v) is 1.97. The maximum Gasteiger partial charge on any atom is 0.320 e. The third-order valence-corrected chi connectivity index (χ3v) is 3.11. The molecule has 18 heavy (non-hydrogen) atoms. The number of likely N-dealkylation sites (tertiary alicyclic amines) is 1. The van der Waals surface area contributed by atoms with Gasteiger partial charge in [0.05, 0.1) is 5.92 Å². The van der Waals surface area contributed by atoms with Gasteiger partial charge in [-0.1, -0.05) is 0 Å². The molecule has 0 saturated carbocycles. The quantitative estimate of drug-likeness (QED) is 0.611. The first-order chi connectivity index (χ1) is 8.41. The number of nitrogens with two attached hydrogens (primary N) is 1. The van der Waals surface area contributed by atoms with Crippen molar-refractivity contribution in [2.45, 2.75) is 31.7 Å². The fourth-order valence-electron chi connectivity index (χ4n) is 1.97. The molecule has 0 aromatic heterocycles. The van der Waals surface area contributed by atoms with Crippen molar-refractivity contribution in [1.82, 2.24) is 4.90 Å². The summed E-state index contributed by atoms with van der Waals surface area (Å²) in [5, 5.41) is 17.5. The summed E-state index contributed by atoms with van der Waals surface area (Å²) in [6, 6.07) is -1.05. The van der Waals surface area contributed by atoms with Gasteiger partial charge in [-0.25, -0.2) is 0 Å². The minimum absolute atomic E-state index is 0.0415. The first kappa shape index (κ1) is 14.4. The van der Waals surface area contributed by atoms with E-state index < -0.39 is 23.9 Å². The van der Waals surface area contributed by atoms with Crippen LogP contribution in [0.25, 0.3) is 0 Å². The third kappa shape index (κ3) is 3.99. The fraction of sp³-hybridized carbons (Fsp3) is 0.727. The SMILES string of the molecule is N[C@@H](CCC(=O)N1CCC[C@H](C(=O)O)C1)C(=O)O. The van der Waals surface area contributed by atoms with Crippen LogP contribution in [-0.2, 0) is 14.4 Å². The molecule has 0 spiro atoms. The van der Waals surface area contributed by atoms with Crippen molar-refractivity contribution < 1.29 is 24.6 Å². The summed E-state index contributed by atoms with van der Waals surface area (Å²) in [6.07, 6.45) is 1.35. The highest BCUT2D eigenvalue weighted by Gasteiger charge is 2.28. The van der Waals surface area contributed by atoms with E-state index in [0.29, 0.717) is 19.4 Å². The Morgan fingerprint density at radius 3 is 2.56 bits per heavy atom. The van der Waals surface area contributed by atoms with E-state index in [1.807, 2.05) is 0 Å². The van der Waals surface area contributed by atoms with Crippen LogP contribution in [0.3, 0.4) is 0 Å². The first-order valence-corrected chi connectivity index (χ1v) is 5.90. The predicted molar refractivity (Wildman–Crippen MR) is 61.8 cm³/mol. The Labute approximate surface area is 105 Å². The Bertz CT molecular complexity index is 344. The molecule has 2 atom stereocenters. The molecule has 7 nitrogen and oxygen atoms in total. The Morgan fingerprint density at radius 2 is 2.00 bits per heavy atom. The second-order valence-electron chi connectivity index (χ2n) is 4.50. The number of aliphatic carboxylic acids is 2. The molecule has 0 radical (unpaired) electrons. The lowest BCUT2D eigenvalue weighted by atomic mass is 9.98. The molecule has 7 heteroatoms. The van der Waals surface area contributed by atoms with Crippen molar-refractivity contribution in [2.24, 2.45) is 11.7 Å². The van der Waals surface area contributed by atoms with E-state index in [1.54, 1.807) is 0 Å². The number of nitrogens with zero attached hydrogens (tertiary/aromatic N) is 1. The Kier molecular flexibility index (Phi) is 5.08. The average Bonchev–Trinajstić information content (AvgIpc) is 2.35. The van der Waals surface area contributed by atoms with Crippen molar-refractivity contribution >= 4 is 17.8 Å². The number of hydrogen-bond acceptors (Lipinski definition) is 4. The van der Waals surface area contributed by atoms with Crippen LogP contribution in [0.1, 0.15) is 25.7 Å². The average molecular weight is 258 g/mol. The summed E-state index contributed by atoms with van der Waals surface area (Å²) in [6.45, 7) is 0.737. The summed E-state index contributed by atoms with van der Waals surface area (Å²) < 4.78 is 0. The molecule has 0 bridgehead atoms. The Morgan fingerprint density at radius 1 is 1.33 bits per heavy atom. The highest BCUT2D eigenvalue weighted by Crippen LogP contribution is 2.17. The number of piperidine rings is 1. The summed E-state index contributed by atoms with van der Waals surface area (Å²) in [5.74, 6) is -2.77. The van der Waals surface area contributed by atoms with Gasteiger partial charge in [-0.15, -0.1) is 0 Å². The number of rotatable bonds is 5. The molecule has 1 heterocycles. The Balaban J connectivity index is 2.42. The Hall–Kier alpha value is -1.63. The molecule has 0 aromatic rings. The van der Waals surface area contributed by atoms with Crippen LogP contribution >= 0.6 is 0 Å². The number of carbonyl (C=O) groups excluding carboxylic acids is 1. The summed E-state index contributed by atoms with van der Waals surface area (Å²) in [4.78, 5) is 34.6. The minimum Gasteiger partial charge on any atom is -0.481 e. The van der Waals surface area contributed by atoms with Gasteiger partial charge >= 0.3 is 11.9 Å². The second-order valence-corrected chi connectivity index (χ2v) is 4.50. The van der Waals surface area contributed by atoms with Crippen LogP contribution in [0.4, 0.5) is 0 Å². The van der Waals surface area contributed by atoms with Crippen molar-refractivity contribution in [3.8, 4) is 0 Å². The van der Waals surface area contributed by atoms with Crippen molar-refractivity contribution in [3.63, 3.8) is 0 Å². The molecule has 1 amide bonds. The minimum atomic E-state index is -1.13. The van der Waals surface area contributed by atoms with Gasteiger partial charge in [0.25, 0.3) is 0 Å². The smallest absolute Gasteiger partial charge is 0.320 e. The number of amides is 1. The van der Waals surface area contributed by atoms with E-state index in [9.17, 15) is 14.4 Å². The summed E-state index contributed by atoms with van der Waals surface area (Å²) in [7, 11) is 0. The number of carboxylic acid groups (broad SMARTS) is 2. The van der Waals surface area contributed by atoms with Gasteiger partial charge in [-0.2, -0.15) is 0 Å². The van der Waals surface area contributed by atoms with Gasteiger partial charge in [-0.3, -0.25) is 14.4 Å². The van der Waals surface area contributed by atoms with Crippen LogP contribution in [0.5, 0.6) is 0 Å². The van der Waals surface area contributed by atoms with E-state index in [1.165, 1.54) is 4.90 Å². The highest BCUT2D eigenvalue weighted by molar-refractivity contribution is 5.79. The van der Waals surface area contributed by atoms with Gasteiger partial charge in [0.2, 0.25) is 5.91 Å². The van der Waals surface area contributed by atoms with Crippen LogP contribution < -0.4 is 5.73 Å². The molecular weight excluding hydrogens is 240 g/mol. The highest BCUT2D eigenvalue weighted by atomic mass is 16.4. The lowest BCUT2D eigenvalue weighted by molar-refractivity contribution is -0.145. The molecular formula is C11H18N2O5. The normalized spacial score (nSPS) is 21.4. The maximum atomic E-state index is 11.8. The molecule has 102 valence electrons. The molecule has 1 aliphatic rings. The zero-order valence-corrected chi connectivity index (χ0v) is 10.0. The van der Waals surface area contributed by atoms with E-state index in [4.69, 9.17) is 15.9 Å². The van der Waals surface area contributed by atoms with E-state index >= 15 is 0 Å². The predicted octanol–water partition coefficient (Wildman–Crippen LogP) is -0.498.